The molecule has 0 bridgehead atoms. The molecule has 0 saturated carbocycles. The van der Waals surface area contributed by atoms with Crippen LogP contribution in [-0.4, -0.2) is 48.3 Å². The first kappa shape index (κ1) is 18.1. The highest BCUT2D eigenvalue weighted by atomic mass is 16.5. The molecule has 2 rings (SSSR count). The molecule has 0 N–H and O–H groups in total. The molecule has 132 valence electrons. The van der Waals surface area contributed by atoms with Gasteiger partial charge in [0.2, 0.25) is 5.91 Å². The van der Waals surface area contributed by atoms with E-state index in [9.17, 15) is 9.59 Å². The van der Waals surface area contributed by atoms with Gasteiger partial charge in [0.05, 0.1) is 26.7 Å². The predicted octanol–water partition coefficient (Wildman–Crippen LogP) is 0.893. The minimum Gasteiger partial charge on any atom is -0.493 e. The first-order valence-corrected chi connectivity index (χ1v) is 7.41. The smallest absolute Gasteiger partial charge is 0.442 e. The number of likely N-dealkylation sites (N-methyl/N-ethyl adjacent to an activating group) is 1. The molecular formula is C16H18N4O5. The van der Waals surface area contributed by atoms with Gasteiger partial charge in [-0.15, -0.1) is 0 Å². The van der Waals surface area contributed by atoms with Gasteiger partial charge in [0.1, 0.15) is 6.54 Å². The van der Waals surface area contributed by atoms with Crippen LogP contribution >= 0.6 is 0 Å². The van der Waals surface area contributed by atoms with E-state index in [0.29, 0.717) is 17.1 Å². The number of carbonyl (C=O) groups is 1. The summed E-state index contributed by atoms with van der Waals surface area (Å²) in [6, 6.07) is 6.95. The van der Waals surface area contributed by atoms with Crippen LogP contribution in [0.15, 0.2) is 27.5 Å². The van der Waals surface area contributed by atoms with Crippen molar-refractivity contribution in [1.29, 1.82) is 5.26 Å². The molecule has 1 aromatic heterocycles. The van der Waals surface area contributed by atoms with Crippen LogP contribution in [-0.2, 0) is 11.3 Å². The number of rotatable bonds is 7. The van der Waals surface area contributed by atoms with Gasteiger partial charge in [-0.1, -0.05) is 5.16 Å². The number of ether oxygens (including phenoxy) is 2. The van der Waals surface area contributed by atoms with Crippen molar-refractivity contribution in [1.82, 2.24) is 14.6 Å². The van der Waals surface area contributed by atoms with Gasteiger partial charge in [-0.3, -0.25) is 9.32 Å². The summed E-state index contributed by atoms with van der Waals surface area (Å²) in [4.78, 5) is 25.5. The Morgan fingerprint density at radius 3 is 2.72 bits per heavy atom. The highest BCUT2D eigenvalue weighted by molar-refractivity contribution is 5.76. The molecule has 0 radical (unpaired) electrons. The molecule has 0 atom stereocenters. The molecule has 0 saturated heterocycles. The summed E-state index contributed by atoms with van der Waals surface area (Å²) < 4.78 is 16.2. The zero-order valence-electron chi connectivity index (χ0n) is 14.2. The third-order valence-electron chi connectivity index (χ3n) is 3.61. The number of hydrogen-bond acceptors (Lipinski definition) is 7. The van der Waals surface area contributed by atoms with Gasteiger partial charge >= 0.3 is 5.76 Å². The summed E-state index contributed by atoms with van der Waals surface area (Å²) in [6.07, 6.45) is 0.212. The van der Waals surface area contributed by atoms with Crippen LogP contribution in [0, 0.1) is 11.3 Å². The first-order valence-electron chi connectivity index (χ1n) is 7.41. The lowest BCUT2D eigenvalue weighted by molar-refractivity contribution is -0.130. The molecule has 1 heterocycles. The zero-order valence-corrected chi connectivity index (χ0v) is 14.2. The molecule has 25 heavy (non-hydrogen) atoms. The van der Waals surface area contributed by atoms with E-state index in [1.165, 1.54) is 19.1 Å². The average molecular weight is 346 g/mol. The van der Waals surface area contributed by atoms with Crippen molar-refractivity contribution in [2.75, 3.05) is 27.8 Å². The van der Waals surface area contributed by atoms with Crippen LogP contribution < -0.4 is 15.2 Å². The fourth-order valence-corrected chi connectivity index (χ4v) is 2.19. The Bertz CT molecular complexity index is 849. The Labute approximate surface area is 144 Å². The van der Waals surface area contributed by atoms with Crippen molar-refractivity contribution >= 4 is 5.91 Å². The third kappa shape index (κ3) is 3.98. The van der Waals surface area contributed by atoms with E-state index in [0.717, 1.165) is 4.57 Å². The van der Waals surface area contributed by atoms with Crippen LogP contribution in [0.5, 0.6) is 11.5 Å². The Hall–Kier alpha value is -3.28. The number of nitriles is 1. The zero-order chi connectivity index (χ0) is 18.4. The summed E-state index contributed by atoms with van der Waals surface area (Å²) >= 11 is 0. The van der Waals surface area contributed by atoms with Gasteiger partial charge in [-0.2, -0.15) is 5.26 Å². The normalized spacial score (nSPS) is 10.2. The van der Waals surface area contributed by atoms with Crippen LogP contribution in [0.4, 0.5) is 0 Å². The van der Waals surface area contributed by atoms with E-state index in [-0.39, 0.29) is 31.2 Å². The number of methoxy groups -OCH3 is 2. The lowest BCUT2D eigenvalue weighted by atomic mass is 10.2. The Balaban J connectivity index is 2.32. The highest BCUT2D eigenvalue weighted by Crippen LogP contribution is 2.31. The Kier molecular flexibility index (Phi) is 5.79. The minimum absolute atomic E-state index is 0.202. The van der Waals surface area contributed by atoms with Crippen molar-refractivity contribution in [2.24, 2.45) is 0 Å². The SMILES string of the molecule is COc1ccc(-c2noc(=O)n2CC(=O)N(C)CCC#N)cc1OC. The molecular weight excluding hydrogens is 328 g/mol. The standard InChI is InChI=1S/C16H18N4O5/c1-19(8-4-7-17)14(21)10-20-15(18-25-16(20)22)11-5-6-12(23-2)13(9-11)24-3/h5-6,9H,4,8,10H2,1-3H3. The number of nitrogens with zero attached hydrogens (tertiary/aromatic N) is 4. The number of carbonyl (C=O) groups excluding carboxylic acids is 1. The highest BCUT2D eigenvalue weighted by Gasteiger charge is 2.19. The summed E-state index contributed by atoms with van der Waals surface area (Å²) in [5, 5.41) is 12.3. The van der Waals surface area contributed by atoms with Crippen molar-refractivity contribution in [3.05, 3.63) is 28.7 Å². The maximum Gasteiger partial charge on any atom is 0.442 e. The molecule has 9 heteroatoms. The molecule has 0 unspecified atom stereocenters. The van der Waals surface area contributed by atoms with E-state index in [1.807, 2.05) is 6.07 Å². The summed E-state index contributed by atoms with van der Waals surface area (Å²) in [7, 11) is 4.57. The second kappa shape index (κ2) is 8.01. The third-order valence-corrected chi connectivity index (χ3v) is 3.61. The Morgan fingerprint density at radius 2 is 2.08 bits per heavy atom. The van der Waals surface area contributed by atoms with Crippen molar-refractivity contribution in [3.63, 3.8) is 0 Å². The van der Waals surface area contributed by atoms with Gasteiger partial charge in [-0.05, 0) is 18.2 Å². The summed E-state index contributed by atoms with van der Waals surface area (Å²) in [5.74, 6) is 0.109. The van der Waals surface area contributed by atoms with Gasteiger partial charge in [0, 0.05) is 19.2 Å². The predicted molar refractivity (Wildman–Crippen MR) is 87.2 cm³/mol. The number of hydrogen-bond donors (Lipinski definition) is 0. The molecule has 1 amide bonds. The molecule has 2 aromatic rings. The van der Waals surface area contributed by atoms with Crippen molar-refractivity contribution in [3.8, 4) is 29.0 Å². The quantitative estimate of drug-likeness (QED) is 0.732. The maximum absolute atomic E-state index is 12.2. The van der Waals surface area contributed by atoms with Gasteiger partial charge in [0.25, 0.3) is 0 Å². The fourth-order valence-electron chi connectivity index (χ4n) is 2.19. The molecule has 9 nitrogen and oxygen atoms in total. The van der Waals surface area contributed by atoms with E-state index < -0.39 is 5.76 Å². The van der Waals surface area contributed by atoms with Crippen LogP contribution in [0.2, 0.25) is 0 Å². The molecule has 0 aliphatic rings. The van der Waals surface area contributed by atoms with E-state index >= 15 is 0 Å². The fraction of sp³-hybridized carbons (Fsp3) is 0.375. The molecule has 0 aliphatic carbocycles. The van der Waals surface area contributed by atoms with Crippen LogP contribution in [0.3, 0.4) is 0 Å². The van der Waals surface area contributed by atoms with E-state index in [1.54, 1.807) is 25.2 Å². The van der Waals surface area contributed by atoms with Crippen molar-refractivity contribution in [2.45, 2.75) is 13.0 Å². The monoisotopic (exact) mass is 346 g/mol. The van der Waals surface area contributed by atoms with E-state index in [2.05, 4.69) is 5.16 Å². The van der Waals surface area contributed by atoms with Gasteiger partial charge < -0.3 is 14.4 Å². The lowest BCUT2D eigenvalue weighted by Gasteiger charge is -2.15. The Morgan fingerprint density at radius 1 is 1.36 bits per heavy atom. The number of benzene rings is 1. The summed E-state index contributed by atoms with van der Waals surface area (Å²) in [5.41, 5.74) is 0.538. The molecule has 0 aliphatic heterocycles. The van der Waals surface area contributed by atoms with Crippen LogP contribution in [0.25, 0.3) is 11.4 Å². The maximum atomic E-state index is 12.2. The van der Waals surface area contributed by atoms with Crippen LogP contribution in [0.1, 0.15) is 6.42 Å². The minimum atomic E-state index is -0.744. The average Bonchev–Trinajstić information content (AvgIpc) is 2.99. The lowest BCUT2D eigenvalue weighted by Crippen LogP contribution is -2.33. The second-order valence-corrected chi connectivity index (χ2v) is 5.15. The number of aromatic nitrogens is 2. The molecule has 0 spiro atoms. The van der Waals surface area contributed by atoms with Gasteiger partial charge in [0.15, 0.2) is 17.3 Å². The van der Waals surface area contributed by atoms with E-state index in [4.69, 9.17) is 19.3 Å². The molecule has 0 fully saturated rings. The summed E-state index contributed by atoms with van der Waals surface area (Å²) in [6.45, 7) is 0.0367. The molecule has 1 aromatic carbocycles. The second-order valence-electron chi connectivity index (χ2n) is 5.15. The van der Waals surface area contributed by atoms with Gasteiger partial charge in [-0.25, -0.2) is 9.36 Å². The topological polar surface area (TPSA) is 111 Å². The first-order chi connectivity index (χ1) is 12.0. The largest absolute Gasteiger partial charge is 0.493 e. The van der Waals surface area contributed by atoms with Crippen molar-refractivity contribution < 1.29 is 18.8 Å². The number of amides is 1.